The number of pyridine rings is 1. The molecule has 2 rings (SSSR count). The van der Waals surface area contributed by atoms with Gasteiger partial charge in [0, 0.05) is 16.8 Å². The summed E-state index contributed by atoms with van der Waals surface area (Å²) in [7, 11) is 0. The molecule has 0 saturated heterocycles. The van der Waals surface area contributed by atoms with E-state index in [2.05, 4.69) is 31.8 Å². The summed E-state index contributed by atoms with van der Waals surface area (Å²) >= 11 is 5.96. The minimum atomic E-state index is 0.0898. The fourth-order valence-corrected chi connectivity index (χ4v) is 2.02. The number of benzene rings is 1. The number of allylic oxidation sites excluding steroid dienone is 1. The van der Waals surface area contributed by atoms with Crippen molar-refractivity contribution in [3.8, 4) is 0 Å². The van der Waals surface area contributed by atoms with E-state index in [-0.39, 0.29) is 5.41 Å². The van der Waals surface area contributed by atoms with Gasteiger partial charge < -0.3 is 0 Å². The normalized spacial score (nSPS) is 12.5. The van der Waals surface area contributed by atoms with Gasteiger partial charge in [-0.05, 0) is 35.2 Å². The van der Waals surface area contributed by atoms with Gasteiger partial charge in [-0.3, -0.25) is 4.98 Å². The number of hydrogen-bond acceptors (Lipinski definition) is 1. The van der Waals surface area contributed by atoms with Gasteiger partial charge in [0.2, 0.25) is 0 Å². The van der Waals surface area contributed by atoms with Crippen molar-refractivity contribution >= 4 is 17.2 Å². The predicted molar refractivity (Wildman–Crippen MR) is 82.2 cm³/mol. The summed E-state index contributed by atoms with van der Waals surface area (Å²) in [5, 5.41) is 0.750. The maximum Gasteiger partial charge on any atom is 0.0704 e. The maximum atomic E-state index is 5.96. The fourth-order valence-electron chi connectivity index (χ4n) is 1.89. The van der Waals surface area contributed by atoms with Crippen molar-refractivity contribution in [1.82, 2.24) is 4.98 Å². The highest BCUT2D eigenvalue weighted by Gasteiger charge is 2.12. The quantitative estimate of drug-likeness (QED) is 0.730. The Kier molecular flexibility index (Phi) is 4.06. The molecule has 0 aliphatic heterocycles. The van der Waals surface area contributed by atoms with Gasteiger partial charge in [0.15, 0.2) is 0 Å². The second kappa shape index (κ2) is 5.58. The van der Waals surface area contributed by atoms with Gasteiger partial charge in [0.25, 0.3) is 0 Å². The van der Waals surface area contributed by atoms with E-state index in [9.17, 15) is 0 Å². The highest BCUT2D eigenvalue weighted by Crippen LogP contribution is 2.28. The van der Waals surface area contributed by atoms with Gasteiger partial charge in [-0.2, -0.15) is 0 Å². The highest BCUT2D eigenvalue weighted by atomic mass is 35.5. The van der Waals surface area contributed by atoms with Crippen LogP contribution in [0.3, 0.4) is 0 Å². The molecule has 1 aromatic heterocycles. The Bertz CT molecular complexity index is 562. The Morgan fingerprint density at radius 2 is 1.74 bits per heavy atom. The lowest BCUT2D eigenvalue weighted by Gasteiger charge is -2.16. The smallest absolute Gasteiger partial charge is 0.0704 e. The molecule has 98 valence electrons. The van der Waals surface area contributed by atoms with Gasteiger partial charge in [0.05, 0.1) is 5.69 Å². The molecule has 1 aromatic carbocycles. The molecule has 1 nitrogen and oxygen atoms in total. The molecule has 0 bridgehead atoms. The molecule has 2 heteroatoms. The lowest BCUT2D eigenvalue weighted by atomic mass is 9.89. The summed E-state index contributed by atoms with van der Waals surface area (Å²) in [6, 6.07) is 13.9. The van der Waals surface area contributed by atoms with Crippen LogP contribution in [0.25, 0.3) is 5.57 Å². The van der Waals surface area contributed by atoms with E-state index in [1.54, 1.807) is 0 Å². The molecule has 0 spiro atoms. The van der Waals surface area contributed by atoms with Gasteiger partial charge in [0.1, 0.15) is 0 Å². The standard InChI is InChI=1S/C17H18ClN/c1-17(2,3)12-15(16-6-4-5-11-19-16)13-7-9-14(18)10-8-13/h4-12H,1-3H3/b15-12-. The molecule has 0 aliphatic rings. The van der Waals surface area contributed by atoms with Gasteiger partial charge >= 0.3 is 0 Å². The SMILES string of the molecule is CC(C)(C)/C=C(/c1ccc(Cl)cc1)c1ccccn1. The average Bonchev–Trinajstić information content (AvgIpc) is 2.37. The number of nitrogens with zero attached hydrogens (tertiary/aromatic N) is 1. The third-order valence-corrected chi connectivity index (χ3v) is 2.93. The second-order valence-electron chi connectivity index (χ2n) is 5.65. The van der Waals surface area contributed by atoms with Crippen LogP contribution in [-0.4, -0.2) is 4.98 Å². The zero-order valence-corrected chi connectivity index (χ0v) is 12.3. The van der Waals surface area contributed by atoms with Crippen molar-refractivity contribution in [1.29, 1.82) is 0 Å². The summed E-state index contributed by atoms with van der Waals surface area (Å²) in [6.45, 7) is 6.56. The first-order valence-corrected chi connectivity index (χ1v) is 6.74. The van der Waals surface area contributed by atoms with Crippen molar-refractivity contribution in [2.75, 3.05) is 0 Å². The van der Waals surface area contributed by atoms with Crippen LogP contribution in [0.5, 0.6) is 0 Å². The van der Waals surface area contributed by atoms with Crippen LogP contribution in [0, 0.1) is 5.41 Å². The molecule has 0 radical (unpaired) electrons. The molecule has 0 N–H and O–H groups in total. The molecule has 2 aromatic rings. The van der Waals surface area contributed by atoms with Crippen LogP contribution < -0.4 is 0 Å². The minimum Gasteiger partial charge on any atom is -0.256 e. The number of rotatable bonds is 2. The molecular formula is C17H18ClN. The van der Waals surface area contributed by atoms with Crippen LogP contribution >= 0.6 is 11.6 Å². The van der Waals surface area contributed by atoms with E-state index in [1.165, 1.54) is 0 Å². The average molecular weight is 272 g/mol. The van der Waals surface area contributed by atoms with Crippen LogP contribution in [0.2, 0.25) is 5.02 Å². The van der Waals surface area contributed by atoms with Crippen molar-refractivity contribution in [2.45, 2.75) is 20.8 Å². The van der Waals surface area contributed by atoms with Crippen molar-refractivity contribution in [2.24, 2.45) is 5.41 Å². The van der Waals surface area contributed by atoms with Crippen LogP contribution in [-0.2, 0) is 0 Å². The van der Waals surface area contributed by atoms with Crippen LogP contribution in [0.15, 0.2) is 54.7 Å². The Morgan fingerprint density at radius 3 is 2.26 bits per heavy atom. The van der Waals surface area contributed by atoms with E-state index in [0.717, 1.165) is 21.9 Å². The monoisotopic (exact) mass is 271 g/mol. The molecule has 0 amide bonds. The third-order valence-electron chi connectivity index (χ3n) is 2.67. The minimum absolute atomic E-state index is 0.0898. The molecule has 0 fully saturated rings. The largest absolute Gasteiger partial charge is 0.256 e. The van der Waals surface area contributed by atoms with E-state index in [4.69, 9.17) is 11.6 Å². The van der Waals surface area contributed by atoms with E-state index in [1.807, 2.05) is 48.7 Å². The Hall–Kier alpha value is -1.60. The van der Waals surface area contributed by atoms with Crippen LogP contribution in [0.4, 0.5) is 0 Å². The zero-order valence-electron chi connectivity index (χ0n) is 11.5. The zero-order chi connectivity index (χ0) is 13.9. The Balaban J connectivity index is 2.53. The van der Waals surface area contributed by atoms with E-state index < -0.39 is 0 Å². The number of aromatic nitrogens is 1. The molecular weight excluding hydrogens is 254 g/mol. The van der Waals surface area contributed by atoms with Crippen molar-refractivity contribution in [3.05, 3.63) is 71.0 Å². The number of halogens is 1. The summed E-state index contributed by atoms with van der Waals surface area (Å²) in [6.07, 6.45) is 4.07. The van der Waals surface area contributed by atoms with Gasteiger partial charge in [-0.15, -0.1) is 0 Å². The molecule has 0 aliphatic carbocycles. The van der Waals surface area contributed by atoms with E-state index >= 15 is 0 Å². The molecule has 0 saturated carbocycles. The van der Waals surface area contributed by atoms with Gasteiger partial charge in [-0.1, -0.05) is 56.6 Å². The van der Waals surface area contributed by atoms with Crippen molar-refractivity contribution in [3.63, 3.8) is 0 Å². The molecule has 0 unspecified atom stereocenters. The van der Waals surface area contributed by atoms with Crippen molar-refractivity contribution < 1.29 is 0 Å². The van der Waals surface area contributed by atoms with Crippen LogP contribution in [0.1, 0.15) is 32.0 Å². The topological polar surface area (TPSA) is 12.9 Å². The summed E-state index contributed by atoms with van der Waals surface area (Å²) in [4.78, 5) is 4.46. The lowest BCUT2D eigenvalue weighted by molar-refractivity contribution is 0.545. The summed E-state index contributed by atoms with van der Waals surface area (Å²) in [5.74, 6) is 0. The molecule has 0 atom stereocenters. The summed E-state index contributed by atoms with van der Waals surface area (Å²) in [5.41, 5.74) is 3.36. The maximum absolute atomic E-state index is 5.96. The summed E-state index contributed by atoms with van der Waals surface area (Å²) < 4.78 is 0. The van der Waals surface area contributed by atoms with Gasteiger partial charge in [-0.25, -0.2) is 0 Å². The highest BCUT2D eigenvalue weighted by molar-refractivity contribution is 6.30. The first-order chi connectivity index (χ1) is 8.96. The molecule has 1 heterocycles. The predicted octanol–water partition coefficient (Wildman–Crippen LogP) is 5.21. The molecule has 19 heavy (non-hydrogen) atoms. The fraction of sp³-hybridized carbons (Fsp3) is 0.235. The first kappa shape index (κ1) is 13.8. The Labute approximate surface area is 120 Å². The van der Waals surface area contributed by atoms with E-state index in [0.29, 0.717) is 0 Å². The Morgan fingerprint density at radius 1 is 1.05 bits per heavy atom. The third kappa shape index (κ3) is 3.93. The number of hydrogen-bond donors (Lipinski definition) is 0. The second-order valence-corrected chi connectivity index (χ2v) is 6.08. The first-order valence-electron chi connectivity index (χ1n) is 6.36. The lowest BCUT2D eigenvalue weighted by Crippen LogP contribution is -2.03.